The maximum absolute atomic E-state index is 13.8. The standard InChI is InChI=1S/C28H31N3O6S/c1-5-21(27(33)36-4)31-38(34,35)28(16-14-20(15-17-28)19-10-7-6-8-11-19)30-26(32)25-18(2)24-22(29-3)12-9-13-23(24)37-25/h6-16,21,29,31H,5,17H2,1-4H3,(H,30,32). The molecule has 10 heteroatoms. The number of carbonyl (C=O) groups excluding carboxylic acids is 2. The molecule has 1 amide bonds. The predicted molar refractivity (Wildman–Crippen MR) is 147 cm³/mol. The fourth-order valence-electron chi connectivity index (χ4n) is 4.54. The zero-order chi connectivity index (χ0) is 27.5. The van der Waals surface area contributed by atoms with Crippen molar-refractivity contribution in [1.82, 2.24) is 10.0 Å². The Bertz CT molecular complexity index is 1520. The van der Waals surface area contributed by atoms with Gasteiger partial charge in [0.15, 0.2) is 10.6 Å². The summed E-state index contributed by atoms with van der Waals surface area (Å²) in [5.74, 6) is -1.41. The molecule has 0 aliphatic heterocycles. The van der Waals surface area contributed by atoms with Crippen LogP contribution >= 0.6 is 0 Å². The summed E-state index contributed by atoms with van der Waals surface area (Å²) in [6, 6.07) is 13.8. The minimum atomic E-state index is -4.34. The number of carbonyl (C=O) groups is 2. The number of rotatable bonds is 9. The molecule has 0 radical (unpaired) electrons. The first-order valence-corrected chi connectivity index (χ1v) is 13.7. The highest BCUT2D eigenvalue weighted by Crippen LogP contribution is 2.34. The molecular formula is C28H31N3O6S. The lowest BCUT2D eigenvalue weighted by Crippen LogP contribution is -2.59. The van der Waals surface area contributed by atoms with Crippen molar-refractivity contribution in [2.75, 3.05) is 19.5 Å². The lowest BCUT2D eigenvalue weighted by molar-refractivity contribution is -0.142. The Labute approximate surface area is 222 Å². The second-order valence-electron chi connectivity index (χ2n) is 9.00. The van der Waals surface area contributed by atoms with Gasteiger partial charge < -0.3 is 19.8 Å². The largest absolute Gasteiger partial charge is 0.468 e. The number of sulfonamides is 1. The number of allylic oxidation sites excluding steroid dienone is 2. The van der Waals surface area contributed by atoms with E-state index in [2.05, 4.69) is 15.4 Å². The van der Waals surface area contributed by atoms with Crippen LogP contribution in [0.5, 0.6) is 0 Å². The quantitative estimate of drug-likeness (QED) is 0.351. The first-order chi connectivity index (χ1) is 18.2. The average molecular weight is 538 g/mol. The smallest absolute Gasteiger partial charge is 0.323 e. The van der Waals surface area contributed by atoms with Crippen LogP contribution in [0.1, 0.15) is 41.4 Å². The third-order valence-electron chi connectivity index (χ3n) is 6.69. The summed E-state index contributed by atoms with van der Waals surface area (Å²) in [4.78, 5) is 23.9. The molecule has 1 aliphatic carbocycles. The van der Waals surface area contributed by atoms with Gasteiger partial charge in [-0.05, 0) is 42.7 Å². The first kappa shape index (κ1) is 27.2. The van der Waals surface area contributed by atoms with Gasteiger partial charge in [0.05, 0.1) is 7.11 Å². The van der Waals surface area contributed by atoms with Crippen LogP contribution in [0.25, 0.3) is 16.5 Å². The van der Waals surface area contributed by atoms with Gasteiger partial charge in [-0.2, -0.15) is 4.72 Å². The molecule has 9 nitrogen and oxygen atoms in total. The van der Waals surface area contributed by atoms with E-state index in [0.717, 1.165) is 22.2 Å². The van der Waals surface area contributed by atoms with E-state index in [1.807, 2.05) is 36.4 Å². The van der Waals surface area contributed by atoms with Crippen LogP contribution < -0.4 is 15.4 Å². The normalized spacial score (nSPS) is 18.1. The number of hydrogen-bond acceptors (Lipinski definition) is 7. The molecule has 2 aromatic carbocycles. The van der Waals surface area contributed by atoms with Crippen molar-refractivity contribution in [3.05, 3.63) is 83.6 Å². The Kier molecular flexibility index (Phi) is 7.75. The molecule has 200 valence electrons. The van der Waals surface area contributed by atoms with E-state index < -0.39 is 32.8 Å². The summed E-state index contributed by atoms with van der Waals surface area (Å²) >= 11 is 0. The van der Waals surface area contributed by atoms with E-state index in [0.29, 0.717) is 11.1 Å². The van der Waals surface area contributed by atoms with Gasteiger partial charge in [-0.25, -0.2) is 8.42 Å². The number of hydrogen-bond donors (Lipinski definition) is 3. The monoisotopic (exact) mass is 537 g/mol. The van der Waals surface area contributed by atoms with Crippen molar-refractivity contribution in [2.24, 2.45) is 0 Å². The molecule has 3 aromatic rings. The Morgan fingerprint density at radius 3 is 2.47 bits per heavy atom. The number of esters is 1. The summed E-state index contributed by atoms with van der Waals surface area (Å²) in [5.41, 5.74) is 3.57. The molecule has 1 aliphatic rings. The minimum Gasteiger partial charge on any atom is -0.468 e. The highest BCUT2D eigenvalue weighted by molar-refractivity contribution is 7.91. The molecule has 0 fully saturated rings. The Balaban J connectivity index is 1.74. The number of furan rings is 1. The molecule has 3 N–H and O–H groups in total. The average Bonchev–Trinajstić information content (AvgIpc) is 3.28. The zero-order valence-corrected chi connectivity index (χ0v) is 22.5. The summed E-state index contributed by atoms with van der Waals surface area (Å²) in [6.07, 6.45) is 4.94. The summed E-state index contributed by atoms with van der Waals surface area (Å²) < 4.78 is 40.7. The third-order valence-corrected chi connectivity index (χ3v) is 8.65. The fourth-order valence-corrected chi connectivity index (χ4v) is 6.16. The number of fused-ring (bicyclic) bond motifs is 1. The van der Waals surface area contributed by atoms with Crippen LogP contribution in [0.4, 0.5) is 5.69 Å². The first-order valence-electron chi connectivity index (χ1n) is 12.2. The van der Waals surface area contributed by atoms with Crippen molar-refractivity contribution in [2.45, 2.75) is 37.6 Å². The van der Waals surface area contributed by atoms with E-state index in [4.69, 9.17) is 9.15 Å². The minimum absolute atomic E-state index is 0.00326. The number of ether oxygens (including phenoxy) is 1. The lowest BCUT2D eigenvalue weighted by Gasteiger charge is -2.34. The second-order valence-corrected chi connectivity index (χ2v) is 11.0. The number of anilines is 1. The molecule has 0 saturated heterocycles. The SMILES string of the molecule is CCC(NS(=O)(=O)C1(NC(=O)c2oc3cccc(NC)c3c2C)C=CC(c2ccccc2)=CC1)C(=O)OC. The molecular weight excluding hydrogens is 506 g/mol. The maximum Gasteiger partial charge on any atom is 0.323 e. The Morgan fingerprint density at radius 2 is 1.87 bits per heavy atom. The number of amides is 1. The van der Waals surface area contributed by atoms with E-state index in [9.17, 15) is 18.0 Å². The molecule has 2 atom stereocenters. The summed E-state index contributed by atoms with van der Waals surface area (Å²) in [5, 5.41) is 6.51. The molecule has 4 rings (SSSR count). The number of aryl methyl sites for hydroxylation is 1. The van der Waals surface area contributed by atoms with Crippen molar-refractivity contribution in [1.29, 1.82) is 0 Å². The fraction of sp³-hybridized carbons (Fsp3) is 0.286. The highest BCUT2D eigenvalue weighted by Gasteiger charge is 2.46. The highest BCUT2D eigenvalue weighted by atomic mass is 32.2. The molecule has 1 heterocycles. The molecule has 0 saturated carbocycles. The Morgan fingerprint density at radius 1 is 1.13 bits per heavy atom. The van der Waals surface area contributed by atoms with Gasteiger partial charge in [0.25, 0.3) is 5.91 Å². The molecule has 38 heavy (non-hydrogen) atoms. The van der Waals surface area contributed by atoms with Crippen molar-refractivity contribution in [3.8, 4) is 0 Å². The molecule has 2 unspecified atom stereocenters. The number of methoxy groups -OCH3 is 1. The summed E-state index contributed by atoms with van der Waals surface area (Å²) in [7, 11) is -1.39. The van der Waals surface area contributed by atoms with Gasteiger partial charge >= 0.3 is 5.97 Å². The predicted octanol–water partition coefficient (Wildman–Crippen LogP) is 4.12. The lowest BCUT2D eigenvalue weighted by atomic mass is 9.96. The topological polar surface area (TPSA) is 127 Å². The van der Waals surface area contributed by atoms with Crippen LogP contribution in [0.3, 0.4) is 0 Å². The van der Waals surface area contributed by atoms with Crippen LogP contribution in [0, 0.1) is 6.92 Å². The van der Waals surface area contributed by atoms with Crippen LogP contribution in [0.15, 0.2) is 71.2 Å². The van der Waals surface area contributed by atoms with E-state index >= 15 is 0 Å². The van der Waals surface area contributed by atoms with Crippen molar-refractivity contribution in [3.63, 3.8) is 0 Å². The van der Waals surface area contributed by atoms with Gasteiger partial charge in [-0.1, -0.05) is 55.5 Å². The zero-order valence-electron chi connectivity index (χ0n) is 21.7. The van der Waals surface area contributed by atoms with Crippen molar-refractivity contribution < 1.29 is 27.2 Å². The number of benzene rings is 2. The van der Waals surface area contributed by atoms with Crippen LogP contribution in [-0.2, 0) is 19.6 Å². The summed E-state index contributed by atoms with van der Waals surface area (Å²) in [6.45, 7) is 3.41. The van der Waals surface area contributed by atoms with Crippen molar-refractivity contribution >= 4 is 44.1 Å². The van der Waals surface area contributed by atoms with Gasteiger partial charge in [-0.15, -0.1) is 0 Å². The maximum atomic E-state index is 13.8. The van der Waals surface area contributed by atoms with Gasteiger partial charge in [0.1, 0.15) is 11.6 Å². The number of nitrogens with one attached hydrogen (secondary N) is 3. The second kappa shape index (κ2) is 10.8. The molecule has 1 aromatic heterocycles. The van der Waals surface area contributed by atoms with Crippen LogP contribution in [0.2, 0.25) is 0 Å². The van der Waals surface area contributed by atoms with Gasteiger partial charge in [-0.3, -0.25) is 9.59 Å². The molecule has 0 spiro atoms. The molecule has 0 bridgehead atoms. The van der Waals surface area contributed by atoms with E-state index in [1.165, 1.54) is 13.2 Å². The van der Waals surface area contributed by atoms with E-state index in [1.54, 1.807) is 45.2 Å². The Hall–Kier alpha value is -3.89. The van der Waals surface area contributed by atoms with Gasteiger partial charge in [0.2, 0.25) is 10.0 Å². The van der Waals surface area contributed by atoms with Gasteiger partial charge in [0, 0.05) is 30.1 Å². The third kappa shape index (κ3) is 4.97. The van der Waals surface area contributed by atoms with Crippen LogP contribution in [-0.4, -0.2) is 45.4 Å². The van der Waals surface area contributed by atoms with E-state index in [-0.39, 0.29) is 18.6 Å².